The smallest absolute Gasteiger partial charge is 0.347 e. The standard InChI is InChI=1S/C21H21NO4/c1-4-25-17-7-5-6-14(10-17)11-19(23)18-12-15-8-9-16(22(2)3)13-20(15)26-21(18)24/h5-10,12-13H,4,11H2,1-3H3. The maximum absolute atomic E-state index is 12.6. The summed E-state index contributed by atoms with van der Waals surface area (Å²) in [6.07, 6.45) is 0.118. The summed E-state index contributed by atoms with van der Waals surface area (Å²) in [6, 6.07) is 14.5. The van der Waals surface area contributed by atoms with Gasteiger partial charge in [0.2, 0.25) is 0 Å². The van der Waals surface area contributed by atoms with Gasteiger partial charge in [0.1, 0.15) is 16.9 Å². The van der Waals surface area contributed by atoms with Crippen LogP contribution in [0.5, 0.6) is 5.75 Å². The van der Waals surface area contributed by atoms with Gasteiger partial charge in [-0.2, -0.15) is 0 Å². The topological polar surface area (TPSA) is 59.8 Å². The predicted octanol–water partition coefficient (Wildman–Crippen LogP) is 3.68. The number of ketones is 1. The molecule has 0 amide bonds. The Morgan fingerprint density at radius 3 is 2.65 bits per heavy atom. The van der Waals surface area contributed by atoms with Gasteiger partial charge in [0.15, 0.2) is 5.78 Å². The average Bonchev–Trinajstić information content (AvgIpc) is 2.61. The minimum absolute atomic E-state index is 0.0666. The number of Topliss-reactive ketones (excluding diaryl/α,β-unsaturated/α-hetero) is 1. The molecule has 1 heterocycles. The first kappa shape index (κ1) is 17.7. The highest BCUT2D eigenvalue weighted by molar-refractivity contribution is 5.99. The lowest BCUT2D eigenvalue weighted by molar-refractivity contribution is 0.0989. The van der Waals surface area contributed by atoms with Gasteiger partial charge >= 0.3 is 5.63 Å². The molecule has 0 bridgehead atoms. The number of carbonyl (C=O) groups is 1. The van der Waals surface area contributed by atoms with Crippen LogP contribution in [0.4, 0.5) is 5.69 Å². The minimum atomic E-state index is -0.612. The fourth-order valence-corrected chi connectivity index (χ4v) is 2.76. The Labute approximate surface area is 151 Å². The van der Waals surface area contributed by atoms with E-state index < -0.39 is 5.63 Å². The summed E-state index contributed by atoms with van der Waals surface area (Å²) in [5.74, 6) is 0.436. The molecule has 3 aromatic rings. The second-order valence-corrected chi connectivity index (χ2v) is 6.24. The molecule has 0 unspecified atom stereocenters. The van der Waals surface area contributed by atoms with Gasteiger partial charge in [-0.05, 0) is 42.8 Å². The zero-order valence-corrected chi connectivity index (χ0v) is 15.1. The number of anilines is 1. The first-order valence-corrected chi connectivity index (χ1v) is 8.48. The summed E-state index contributed by atoms with van der Waals surface area (Å²) < 4.78 is 10.8. The molecule has 0 aliphatic heterocycles. The van der Waals surface area contributed by atoms with E-state index in [2.05, 4.69) is 0 Å². The molecule has 2 aromatic carbocycles. The lowest BCUT2D eigenvalue weighted by Crippen LogP contribution is -2.16. The van der Waals surface area contributed by atoms with Gasteiger partial charge in [-0.1, -0.05) is 12.1 Å². The van der Waals surface area contributed by atoms with Gasteiger partial charge in [0, 0.05) is 37.7 Å². The number of ether oxygens (including phenoxy) is 1. The Bertz CT molecular complexity index is 1000. The van der Waals surface area contributed by atoms with Crippen molar-refractivity contribution in [3.05, 3.63) is 70.1 Å². The van der Waals surface area contributed by atoms with Crippen LogP contribution in [-0.4, -0.2) is 26.5 Å². The number of hydrogen-bond acceptors (Lipinski definition) is 5. The van der Waals surface area contributed by atoms with Gasteiger partial charge in [-0.3, -0.25) is 4.79 Å². The Balaban J connectivity index is 1.90. The highest BCUT2D eigenvalue weighted by atomic mass is 16.5. The van der Waals surface area contributed by atoms with E-state index in [0.29, 0.717) is 17.9 Å². The first-order valence-electron chi connectivity index (χ1n) is 8.48. The van der Waals surface area contributed by atoms with Gasteiger partial charge in [-0.25, -0.2) is 4.79 Å². The van der Waals surface area contributed by atoms with E-state index >= 15 is 0 Å². The van der Waals surface area contributed by atoms with Crippen LogP contribution in [0.1, 0.15) is 22.8 Å². The van der Waals surface area contributed by atoms with E-state index in [1.165, 1.54) is 0 Å². The lowest BCUT2D eigenvalue weighted by Gasteiger charge is -2.12. The van der Waals surface area contributed by atoms with Gasteiger partial charge < -0.3 is 14.1 Å². The van der Waals surface area contributed by atoms with E-state index in [-0.39, 0.29) is 17.8 Å². The quantitative estimate of drug-likeness (QED) is 0.501. The third-order valence-electron chi connectivity index (χ3n) is 4.11. The third-order valence-corrected chi connectivity index (χ3v) is 4.11. The Hall–Kier alpha value is -3.08. The highest BCUT2D eigenvalue weighted by Gasteiger charge is 2.15. The molecule has 26 heavy (non-hydrogen) atoms. The number of nitrogens with zero attached hydrogens (tertiary/aromatic N) is 1. The lowest BCUT2D eigenvalue weighted by atomic mass is 10.0. The van der Waals surface area contributed by atoms with Crippen LogP contribution in [0, 0.1) is 0 Å². The van der Waals surface area contributed by atoms with Crippen LogP contribution in [0.15, 0.2) is 57.7 Å². The van der Waals surface area contributed by atoms with Crippen LogP contribution in [0.25, 0.3) is 11.0 Å². The van der Waals surface area contributed by atoms with Crippen LogP contribution < -0.4 is 15.3 Å². The number of hydrogen-bond donors (Lipinski definition) is 0. The predicted molar refractivity (Wildman–Crippen MR) is 102 cm³/mol. The van der Waals surface area contributed by atoms with Crippen molar-refractivity contribution < 1.29 is 13.9 Å². The molecule has 0 atom stereocenters. The summed E-state index contributed by atoms with van der Waals surface area (Å²) in [4.78, 5) is 26.8. The molecule has 0 saturated heterocycles. The molecule has 0 N–H and O–H groups in total. The fraction of sp³-hybridized carbons (Fsp3) is 0.238. The summed E-state index contributed by atoms with van der Waals surface area (Å²) in [5, 5.41) is 0.724. The molecule has 3 rings (SSSR count). The molecule has 0 spiro atoms. The van der Waals surface area contributed by atoms with E-state index in [1.54, 1.807) is 12.1 Å². The SMILES string of the molecule is CCOc1cccc(CC(=O)c2cc3ccc(N(C)C)cc3oc2=O)c1. The number of benzene rings is 2. The summed E-state index contributed by atoms with van der Waals surface area (Å²) in [6.45, 7) is 2.46. The van der Waals surface area contributed by atoms with E-state index in [1.807, 2.05) is 62.3 Å². The maximum atomic E-state index is 12.6. The van der Waals surface area contributed by atoms with Crippen LogP contribution in [-0.2, 0) is 6.42 Å². The molecular formula is C21H21NO4. The minimum Gasteiger partial charge on any atom is -0.494 e. The molecule has 0 saturated carbocycles. The molecule has 134 valence electrons. The maximum Gasteiger partial charge on any atom is 0.347 e. The van der Waals surface area contributed by atoms with Crippen molar-refractivity contribution in [2.45, 2.75) is 13.3 Å². The Kier molecular flexibility index (Phi) is 5.07. The fourth-order valence-electron chi connectivity index (χ4n) is 2.76. The van der Waals surface area contributed by atoms with Crippen molar-refractivity contribution in [1.82, 2.24) is 0 Å². The van der Waals surface area contributed by atoms with E-state index in [0.717, 1.165) is 16.6 Å². The summed E-state index contributed by atoms with van der Waals surface area (Å²) >= 11 is 0. The van der Waals surface area contributed by atoms with Crippen molar-refractivity contribution in [2.75, 3.05) is 25.6 Å². The molecule has 0 radical (unpaired) electrons. The highest BCUT2D eigenvalue weighted by Crippen LogP contribution is 2.21. The van der Waals surface area contributed by atoms with Crippen LogP contribution >= 0.6 is 0 Å². The second-order valence-electron chi connectivity index (χ2n) is 6.24. The van der Waals surface area contributed by atoms with Crippen LogP contribution in [0.2, 0.25) is 0 Å². The number of carbonyl (C=O) groups excluding carboxylic acids is 1. The molecule has 1 aromatic heterocycles. The molecule has 5 heteroatoms. The average molecular weight is 351 g/mol. The van der Waals surface area contributed by atoms with Crippen molar-refractivity contribution in [3.8, 4) is 5.75 Å². The zero-order valence-electron chi connectivity index (χ0n) is 15.1. The Morgan fingerprint density at radius 2 is 1.92 bits per heavy atom. The third kappa shape index (κ3) is 3.77. The number of fused-ring (bicyclic) bond motifs is 1. The van der Waals surface area contributed by atoms with Crippen LogP contribution in [0.3, 0.4) is 0 Å². The van der Waals surface area contributed by atoms with Crippen molar-refractivity contribution in [1.29, 1.82) is 0 Å². The molecule has 0 aliphatic rings. The molecule has 0 fully saturated rings. The first-order chi connectivity index (χ1) is 12.5. The molecule has 5 nitrogen and oxygen atoms in total. The van der Waals surface area contributed by atoms with Crippen molar-refractivity contribution in [3.63, 3.8) is 0 Å². The van der Waals surface area contributed by atoms with Crippen molar-refractivity contribution >= 4 is 22.4 Å². The van der Waals surface area contributed by atoms with E-state index in [4.69, 9.17) is 9.15 Å². The van der Waals surface area contributed by atoms with Gasteiger partial charge in [-0.15, -0.1) is 0 Å². The van der Waals surface area contributed by atoms with Crippen molar-refractivity contribution in [2.24, 2.45) is 0 Å². The van der Waals surface area contributed by atoms with Gasteiger partial charge in [0.05, 0.1) is 6.61 Å². The summed E-state index contributed by atoms with van der Waals surface area (Å²) in [7, 11) is 3.82. The summed E-state index contributed by atoms with van der Waals surface area (Å²) in [5.41, 5.74) is 1.64. The molecular weight excluding hydrogens is 330 g/mol. The molecule has 0 aliphatic carbocycles. The Morgan fingerprint density at radius 1 is 1.12 bits per heavy atom. The largest absolute Gasteiger partial charge is 0.494 e. The van der Waals surface area contributed by atoms with Gasteiger partial charge in [0.25, 0.3) is 0 Å². The normalized spacial score (nSPS) is 10.7. The zero-order chi connectivity index (χ0) is 18.7. The van der Waals surface area contributed by atoms with E-state index in [9.17, 15) is 9.59 Å². The second kappa shape index (κ2) is 7.44. The number of rotatable bonds is 6. The monoisotopic (exact) mass is 351 g/mol.